The van der Waals surface area contributed by atoms with Gasteiger partial charge in [-0.3, -0.25) is 9.52 Å². The van der Waals surface area contributed by atoms with Crippen LogP contribution in [0.1, 0.15) is 18.1 Å². The third-order valence-corrected chi connectivity index (χ3v) is 7.08. The molecule has 4 rings (SSSR count). The van der Waals surface area contributed by atoms with Gasteiger partial charge < -0.3 is 10.1 Å². The van der Waals surface area contributed by atoms with Gasteiger partial charge in [-0.05, 0) is 73.7 Å². The van der Waals surface area contributed by atoms with Crippen molar-refractivity contribution in [3.8, 4) is 5.75 Å². The molecule has 0 radical (unpaired) electrons. The van der Waals surface area contributed by atoms with Crippen LogP contribution < -0.4 is 14.8 Å². The summed E-state index contributed by atoms with van der Waals surface area (Å²) in [6.45, 7) is 5.60. The number of sulfonamides is 1. The van der Waals surface area contributed by atoms with Crippen molar-refractivity contribution in [2.24, 2.45) is 0 Å². The van der Waals surface area contributed by atoms with Crippen molar-refractivity contribution in [2.75, 3.05) is 10.0 Å². The van der Waals surface area contributed by atoms with E-state index in [0.717, 1.165) is 21.9 Å². The zero-order valence-corrected chi connectivity index (χ0v) is 20.0. The summed E-state index contributed by atoms with van der Waals surface area (Å²) >= 11 is 0. The molecule has 4 aromatic rings. The first-order valence-corrected chi connectivity index (χ1v) is 12.4. The number of rotatable bonds is 7. The molecule has 4 aromatic carbocycles. The smallest absolute Gasteiger partial charge is 0.265 e. The van der Waals surface area contributed by atoms with Gasteiger partial charge in [0.1, 0.15) is 5.75 Å². The number of anilines is 2. The molecular weight excluding hydrogens is 448 g/mol. The molecule has 174 valence electrons. The molecule has 34 heavy (non-hydrogen) atoms. The number of carbonyl (C=O) groups excluding carboxylic acids is 1. The van der Waals surface area contributed by atoms with Crippen LogP contribution in [0.15, 0.2) is 89.8 Å². The molecule has 0 spiro atoms. The van der Waals surface area contributed by atoms with Crippen LogP contribution in [0.3, 0.4) is 0 Å². The Labute approximate surface area is 199 Å². The quantitative estimate of drug-likeness (QED) is 0.362. The third-order valence-electron chi connectivity index (χ3n) is 5.69. The molecule has 1 amide bonds. The van der Waals surface area contributed by atoms with Crippen molar-refractivity contribution in [1.29, 1.82) is 0 Å². The van der Waals surface area contributed by atoms with E-state index in [0.29, 0.717) is 17.1 Å². The minimum atomic E-state index is -3.80. The fourth-order valence-electron chi connectivity index (χ4n) is 3.58. The zero-order valence-electron chi connectivity index (χ0n) is 19.2. The van der Waals surface area contributed by atoms with Crippen LogP contribution in [-0.4, -0.2) is 20.4 Å². The predicted molar refractivity (Wildman–Crippen MR) is 136 cm³/mol. The summed E-state index contributed by atoms with van der Waals surface area (Å²) in [5.74, 6) is 0.328. The lowest BCUT2D eigenvalue weighted by molar-refractivity contribution is -0.122. The van der Waals surface area contributed by atoms with Crippen LogP contribution in [-0.2, 0) is 14.8 Å². The normalized spacial score (nSPS) is 12.2. The van der Waals surface area contributed by atoms with E-state index < -0.39 is 16.1 Å². The van der Waals surface area contributed by atoms with Gasteiger partial charge in [-0.15, -0.1) is 0 Å². The molecule has 1 atom stereocenters. The van der Waals surface area contributed by atoms with Gasteiger partial charge in [-0.25, -0.2) is 8.42 Å². The standard InChI is InChI=1S/C27H26N2O4S/c1-18-8-6-13-26(19(18)2)33-20(3)27(30)28-22-14-16-23(17-15-22)34(31,32)29-25-12-7-10-21-9-4-5-11-24(21)25/h4-17,20,29H,1-3H3,(H,28,30). The summed E-state index contributed by atoms with van der Waals surface area (Å²) in [4.78, 5) is 12.7. The summed E-state index contributed by atoms with van der Waals surface area (Å²) < 4.78 is 34.3. The Hall–Kier alpha value is -3.84. The summed E-state index contributed by atoms with van der Waals surface area (Å²) in [7, 11) is -3.80. The molecule has 0 aromatic heterocycles. The Morgan fingerprint density at radius 3 is 2.29 bits per heavy atom. The molecule has 0 aliphatic rings. The molecule has 0 fully saturated rings. The van der Waals surface area contributed by atoms with Crippen LogP contribution in [0, 0.1) is 13.8 Å². The van der Waals surface area contributed by atoms with Crippen molar-refractivity contribution in [2.45, 2.75) is 31.8 Å². The number of nitrogens with one attached hydrogen (secondary N) is 2. The number of hydrogen-bond acceptors (Lipinski definition) is 4. The Kier molecular flexibility index (Phi) is 6.56. The fourth-order valence-corrected chi connectivity index (χ4v) is 4.65. The molecule has 0 bridgehead atoms. The Morgan fingerprint density at radius 1 is 0.853 bits per heavy atom. The number of amides is 1. The van der Waals surface area contributed by atoms with Gasteiger partial charge in [-0.1, -0.05) is 48.5 Å². The second kappa shape index (κ2) is 9.57. The molecule has 2 N–H and O–H groups in total. The highest BCUT2D eigenvalue weighted by molar-refractivity contribution is 7.92. The van der Waals surface area contributed by atoms with Crippen LogP contribution in [0.4, 0.5) is 11.4 Å². The number of hydrogen-bond donors (Lipinski definition) is 2. The molecule has 7 heteroatoms. The number of carbonyl (C=O) groups is 1. The lowest BCUT2D eigenvalue weighted by Gasteiger charge is -2.17. The lowest BCUT2D eigenvalue weighted by Crippen LogP contribution is -2.30. The van der Waals surface area contributed by atoms with E-state index in [2.05, 4.69) is 10.0 Å². The summed E-state index contributed by atoms with van der Waals surface area (Å²) in [6, 6.07) is 24.7. The van der Waals surface area contributed by atoms with E-state index >= 15 is 0 Å². The highest BCUT2D eigenvalue weighted by Crippen LogP contribution is 2.26. The molecule has 0 aliphatic heterocycles. The number of ether oxygens (including phenoxy) is 1. The van der Waals surface area contributed by atoms with Gasteiger partial charge in [-0.2, -0.15) is 0 Å². The summed E-state index contributed by atoms with van der Waals surface area (Å²) in [5, 5.41) is 4.53. The largest absolute Gasteiger partial charge is 0.481 e. The maximum Gasteiger partial charge on any atom is 0.265 e. The second-order valence-electron chi connectivity index (χ2n) is 8.10. The number of benzene rings is 4. The van der Waals surface area contributed by atoms with Gasteiger partial charge in [0.15, 0.2) is 6.10 Å². The van der Waals surface area contributed by atoms with E-state index in [4.69, 9.17) is 4.74 Å². The third kappa shape index (κ3) is 5.05. The minimum Gasteiger partial charge on any atom is -0.481 e. The zero-order chi connectivity index (χ0) is 24.3. The molecule has 0 saturated carbocycles. The lowest BCUT2D eigenvalue weighted by atomic mass is 10.1. The van der Waals surface area contributed by atoms with E-state index in [1.807, 2.05) is 62.4 Å². The molecule has 0 saturated heterocycles. The molecule has 1 unspecified atom stereocenters. The van der Waals surface area contributed by atoms with Gasteiger partial charge in [0.25, 0.3) is 15.9 Å². The van der Waals surface area contributed by atoms with Crippen molar-refractivity contribution < 1.29 is 17.9 Å². The van der Waals surface area contributed by atoms with Gasteiger partial charge in [0, 0.05) is 11.1 Å². The van der Waals surface area contributed by atoms with Crippen LogP contribution in [0.5, 0.6) is 5.75 Å². The minimum absolute atomic E-state index is 0.0955. The van der Waals surface area contributed by atoms with E-state index in [1.54, 1.807) is 31.2 Å². The first kappa shape index (κ1) is 23.3. The predicted octanol–water partition coefficient (Wildman–Crippen LogP) is 5.66. The van der Waals surface area contributed by atoms with Crippen LogP contribution in [0.25, 0.3) is 10.8 Å². The highest BCUT2D eigenvalue weighted by Gasteiger charge is 2.18. The molecule has 6 nitrogen and oxygen atoms in total. The van der Waals surface area contributed by atoms with Gasteiger partial charge >= 0.3 is 0 Å². The second-order valence-corrected chi connectivity index (χ2v) is 9.79. The van der Waals surface area contributed by atoms with Gasteiger partial charge in [0.2, 0.25) is 0 Å². The summed E-state index contributed by atoms with van der Waals surface area (Å²) in [6.07, 6.45) is -0.725. The topological polar surface area (TPSA) is 84.5 Å². The van der Waals surface area contributed by atoms with E-state index in [-0.39, 0.29) is 10.8 Å². The average Bonchev–Trinajstić information content (AvgIpc) is 2.82. The summed E-state index contributed by atoms with van der Waals surface area (Å²) in [5.41, 5.74) is 3.05. The Bertz CT molecular complexity index is 1440. The molecule has 0 aliphatic carbocycles. The van der Waals surface area contributed by atoms with Crippen molar-refractivity contribution in [3.05, 3.63) is 96.1 Å². The first-order chi connectivity index (χ1) is 16.2. The SMILES string of the molecule is Cc1cccc(OC(C)C(=O)Nc2ccc(S(=O)(=O)Nc3cccc4ccccc34)cc2)c1C. The first-order valence-electron chi connectivity index (χ1n) is 10.9. The van der Waals surface area contributed by atoms with Crippen molar-refractivity contribution in [1.82, 2.24) is 0 Å². The van der Waals surface area contributed by atoms with Crippen molar-refractivity contribution in [3.63, 3.8) is 0 Å². The average molecular weight is 475 g/mol. The van der Waals surface area contributed by atoms with Gasteiger partial charge in [0.05, 0.1) is 10.6 Å². The molecule has 0 heterocycles. The fraction of sp³-hybridized carbons (Fsp3) is 0.148. The van der Waals surface area contributed by atoms with Crippen LogP contribution >= 0.6 is 0 Å². The monoisotopic (exact) mass is 474 g/mol. The highest BCUT2D eigenvalue weighted by atomic mass is 32.2. The van der Waals surface area contributed by atoms with E-state index in [9.17, 15) is 13.2 Å². The maximum absolute atomic E-state index is 12.9. The van der Waals surface area contributed by atoms with E-state index in [1.165, 1.54) is 12.1 Å². The number of aryl methyl sites for hydroxylation is 1. The Balaban J connectivity index is 1.45. The number of fused-ring (bicyclic) bond motifs is 1. The van der Waals surface area contributed by atoms with Crippen molar-refractivity contribution >= 4 is 38.1 Å². The van der Waals surface area contributed by atoms with Crippen LogP contribution in [0.2, 0.25) is 0 Å². The molecular formula is C27H26N2O4S. The Morgan fingerprint density at radius 2 is 1.53 bits per heavy atom. The maximum atomic E-state index is 12.9.